The molecule has 1 aliphatic carbocycles. The van der Waals surface area contributed by atoms with E-state index in [9.17, 15) is 14.6 Å². The summed E-state index contributed by atoms with van der Waals surface area (Å²) in [6.45, 7) is 3.93. The monoisotopic (exact) mass is 308 g/mol. The first-order valence-electron chi connectivity index (χ1n) is 7.68. The van der Waals surface area contributed by atoms with E-state index in [0.717, 1.165) is 43.8 Å². The average Bonchev–Trinajstić information content (AvgIpc) is 2.54. The van der Waals surface area contributed by atoms with Crippen LogP contribution in [-0.2, 0) is 0 Å². The summed E-state index contributed by atoms with van der Waals surface area (Å²) in [7, 11) is 0. The van der Waals surface area contributed by atoms with Gasteiger partial charge in [0, 0.05) is 0 Å². The van der Waals surface area contributed by atoms with Gasteiger partial charge in [-0.1, -0.05) is 30.4 Å². The minimum absolute atomic E-state index is 0.259. The molecule has 0 bridgehead atoms. The summed E-state index contributed by atoms with van der Waals surface area (Å²) in [5.41, 5.74) is 3.62. The van der Waals surface area contributed by atoms with Crippen LogP contribution in [-0.4, -0.2) is 16.3 Å². The van der Waals surface area contributed by atoms with Gasteiger partial charge < -0.3 is 10.2 Å². The van der Waals surface area contributed by atoms with Crippen molar-refractivity contribution in [2.75, 3.05) is 0 Å². The highest BCUT2D eigenvalue weighted by molar-refractivity contribution is 6.11. The molecular weight excluding hydrogens is 291 g/mol. The zero-order chi connectivity index (χ0) is 16.3. The standard InChI is InChI=1S/C20H17FO2/c1-10-15-7-8-17(22)20(23)19(15)11(2)14-6-4-12-3-5-13(21)9-16(12)18(10)14/h3-9,17,20,22-23H,1-2H3/t17-,20+/m1/s1. The van der Waals surface area contributed by atoms with Gasteiger partial charge in [-0.15, -0.1) is 0 Å². The van der Waals surface area contributed by atoms with Gasteiger partial charge in [-0.2, -0.15) is 0 Å². The fourth-order valence-electron chi connectivity index (χ4n) is 3.76. The third kappa shape index (κ3) is 1.94. The van der Waals surface area contributed by atoms with E-state index >= 15 is 0 Å². The summed E-state index contributed by atoms with van der Waals surface area (Å²) >= 11 is 0. The van der Waals surface area contributed by atoms with Crippen molar-refractivity contribution in [2.24, 2.45) is 0 Å². The number of hydrogen-bond acceptors (Lipinski definition) is 2. The van der Waals surface area contributed by atoms with Crippen LogP contribution in [0.1, 0.15) is 28.4 Å². The Morgan fingerprint density at radius 1 is 0.957 bits per heavy atom. The van der Waals surface area contributed by atoms with Crippen molar-refractivity contribution < 1.29 is 14.6 Å². The third-order valence-corrected chi connectivity index (χ3v) is 4.94. The Morgan fingerprint density at radius 3 is 2.48 bits per heavy atom. The Hall–Kier alpha value is -2.23. The van der Waals surface area contributed by atoms with Crippen molar-refractivity contribution in [3.63, 3.8) is 0 Å². The van der Waals surface area contributed by atoms with Gasteiger partial charge in [0.2, 0.25) is 0 Å². The van der Waals surface area contributed by atoms with E-state index in [-0.39, 0.29) is 5.82 Å². The van der Waals surface area contributed by atoms with Gasteiger partial charge in [0.1, 0.15) is 18.0 Å². The minimum Gasteiger partial charge on any atom is -0.386 e. The molecule has 3 aromatic rings. The lowest BCUT2D eigenvalue weighted by molar-refractivity contribution is 0.0466. The second kappa shape index (κ2) is 4.88. The van der Waals surface area contributed by atoms with Crippen LogP contribution in [0.15, 0.2) is 36.4 Å². The largest absolute Gasteiger partial charge is 0.386 e. The molecule has 1 aliphatic rings. The number of aryl methyl sites for hydroxylation is 2. The first-order chi connectivity index (χ1) is 11.0. The van der Waals surface area contributed by atoms with Crippen molar-refractivity contribution in [3.05, 3.63) is 64.5 Å². The molecule has 0 unspecified atom stereocenters. The number of halogens is 1. The molecule has 2 nitrogen and oxygen atoms in total. The van der Waals surface area contributed by atoms with Crippen molar-refractivity contribution in [1.29, 1.82) is 0 Å². The van der Waals surface area contributed by atoms with E-state index in [2.05, 4.69) is 0 Å². The maximum absolute atomic E-state index is 13.8. The Morgan fingerprint density at radius 2 is 1.70 bits per heavy atom. The van der Waals surface area contributed by atoms with Gasteiger partial charge in [-0.3, -0.25) is 0 Å². The quantitative estimate of drug-likeness (QED) is 0.612. The van der Waals surface area contributed by atoms with Gasteiger partial charge in [0.25, 0.3) is 0 Å². The fraction of sp³-hybridized carbons (Fsp3) is 0.200. The molecule has 4 rings (SSSR count). The molecule has 0 aromatic heterocycles. The molecule has 0 heterocycles. The summed E-state index contributed by atoms with van der Waals surface area (Å²) in [5, 5.41) is 24.2. The second-order valence-corrected chi connectivity index (χ2v) is 6.23. The highest BCUT2D eigenvalue weighted by Crippen LogP contribution is 2.40. The normalized spacial score (nSPS) is 20.2. The number of rotatable bonds is 0. The predicted octanol–water partition coefficient (Wildman–Crippen LogP) is 4.17. The molecule has 0 saturated heterocycles. The van der Waals surface area contributed by atoms with Crippen LogP contribution >= 0.6 is 0 Å². The van der Waals surface area contributed by atoms with Crippen LogP contribution in [0.3, 0.4) is 0 Å². The third-order valence-electron chi connectivity index (χ3n) is 4.94. The Kier molecular flexibility index (Phi) is 3.05. The van der Waals surface area contributed by atoms with Crippen molar-refractivity contribution in [2.45, 2.75) is 26.1 Å². The van der Waals surface area contributed by atoms with Crippen LogP contribution in [0.2, 0.25) is 0 Å². The van der Waals surface area contributed by atoms with Crippen LogP contribution in [0, 0.1) is 19.7 Å². The van der Waals surface area contributed by atoms with Gasteiger partial charge in [0.05, 0.1) is 0 Å². The van der Waals surface area contributed by atoms with E-state index in [1.165, 1.54) is 6.07 Å². The molecule has 0 amide bonds. The summed E-state index contributed by atoms with van der Waals surface area (Å²) < 4.78 is 13.8. The second-order valence-electron chi connectivity index (χ2n) is 6.23. The highest BCUT2D eigenvalue weighted by atomic mass is 19.1. The van der Waals surface area contributed by atoms with Gasteiger partial charge in [0.15, 0.2) is 0 Å². The van der Waals surface area contributed by atoms with E-state index in [4.69, 9.17) is 0 Å². The van der Waals surface area contributed by atoms with E-state index in [1.807, 2.05) is 32.1 Å². The Bertz CT molecular complexity index is 988. The zero-order valence-corrected chi connectivity index (χ0v) is 13.0. The number of aliphatic hydroxyl groups is 2. The summed E-state index contributed by atoms with van der Waals surface area (Å²) in [6, 6.07) is 8.79. The SMILES string of the molecule is Cc1c2c(c(C)c3c1ccc1ccc(F)cc13)C=C[C@@H](O)[C@@H]2O. The predicted molar refractivity (Wildman–Crippen MR) is 90.9 cm³/mol. The molecule has 23 heavy (non-hydrogen) atoms. The number of hydrogen-bond donors (Lipinski definition) is 2. The summed E-state index contributed by atoms with van der Waals surface area (Å²) in [6.07, 6.45) is 1.64. The number of fused-ring (bicyclic) bond motifs is 4. The molecular formula is C20H17FO2. The van der Waals surface area contributed by atoms with E-state index in [0.29, 0.717) is 0 Å². The molecule has 2 atom stereocenters. The number of aliphatic hydroxyl groups excluding tert-OH is 2. The lowest BCUT2D eigenvalue weighted by atomic mass is 9.82. The Balaban J connectivity index is 2.23. The smallest absolute Gasteiger partial charge is 0.123 e. The number of benzene rings is 3. The minimum atomic E-state index is -0.929. The van der Waals surface area contributed by atoms with Crippen molar-refractivity contribution >= 4 is 27.6 Å². The highest BCUT2D eigenvalue weighted by Gasteiger charge is 2.27. The molecule has 0 aliphatic heterocycles. The van der Waals surface area contributed by atoms with Crippen LogP contribution in [0.25, 0.3) is 27.6 Å². The topological polar surface area (TPSA) is 40.5 Å². The van der Waals surface area contributed by atoms with Crippen LogP contribution in [0.4, 0.5) is 4.39 Å². The maximum atomic E-state index is 13.8. The van der Waals surface area contributed by atoms with E-state index in [1.54, 1.807) is 18.2 Å². The van der Waals surface area contributed by atoms with Crippen molar-refractivity contribution in [1.82, 2.24) is 0 Å². The van der Waals surface area contributed by atoms with Crippen molar-refractivity contribution in [3.8, 4) is 0 Å². The summed E-state index contributed by atoms with van der Waals surface area (Å²) in [5.74, 6) is -0.259. The van der Waals surface area contributed by atoms with Gasteiger partial charge in [-0.05, 0) is 69.8 Å². The molecule has 3 heteroatoms. The van der Waals surface area contributed by atoms with Crippen LogP contribution in [0.5, 0.6) is 0 Å². The lowest BCUT2D eigenvalue weighted by Crippen LogP contribution is -2.21. The Labute approximate surface area is 133 Å². The summed E-state index contributed by atoms with van der Waals surface area (Å²) in [4.78, 5) is 0. The maximum Gasteiger partial charge on any atom is 0.123 e. The van der Waals surface area contributed by atoms with Gasteiger partial charge in [-0.25, -0.2) is 4.39 Å². The van der Waals surface area contributed by atoms with Gasteiger partial charge >= 0.3 is 0 Å². The fourth-order valence-corrected chi connectivity index (χ4v) is 3.76. The molecule has 0 fully saturated rings. The average molecular weight is 308 g/mol. The first-order valence-corrected chi connectivity index (χ1v) is 7.68. The molecule has 0 saturated carbocycles. The van der Waals surface area contributed by atoms with Crippen LogP contribution < -0.4 is 0 Å². The first kappa shape index (κ1) is 14.4. The molecule has 0 radical (unpaired) electrons. The molecule has 2 N–H and O–H groups in total. The molecule has 0 spiro atoms. The van der Waals surface area contributed by atoms with E-state index < -0.39 is 12.2 Å². The zero-order valence-electron chi connectivity index (χ0n) is 13.0. The lowest BCUT2D eigenvalue weighted by Gasteiger charge is -2.27. The molecule has 116 valence electrons. The molecule has 3 aromatic carbocycles.